The van der Waals surface area contributed by atoms with E-state index in [-0.39, 0.29) is 24.3 Å². The van der Waals surface area contributed by atoms with Gasteiger partial charge in [-0.05, 0) is 30.7 Å². The molecule has 0 saturated carbocycles. The van der Waals surface area contributed by atoms with Crippen LogP contribution in [0.4, 0.5) is 4.39 Å². The third-order valence-corrected chi connectivity index (χ3v) is 6.40. The summed E-state index contributed by atoms with van der Waals surface area (Å²) in [5.41, 5.74) is 2.51. The van der Waals surface area contributed by atoms with Gasteiger partial charge in [0, 0.05) is 38.0 Å². The second-order valence-corrected chi connectivity index (χ2v) is 9.00. The fourth-order valence-corrected chi connectivity index (χ4v) is 4.78. The Morgan fingerprint density at radius 1 is 1.24 bits per heavy atom. The number of nitrogens with one attached hydrogen (secondary N) is 3. The number of carbonyl (C=O) groups is 3. The largest absolute Gasteiger partial charge is 0.322 e. The van der Waals surface area contributed by atoms with Crippen LogP contribution in [0.15, 0.2) is 18.2 Å². The Bertz CT molecular complexity index is 1100. The first-order chi connectivity index (χ1) is 15.9. The van der Waals surface area contributed by atoms with Gasteiger partial charge in [-0.2, -0.15) is 5.10 Å². The molecule has 174 valence electrons. The molecule has 3 aliphatic heterocycles. The van der Waals surface area contributed by atoms with Crippen molar-refractivity contribution in [1.29, 1.82) is 0 Å². The molecule has 0 radical (unpaired) electrons. The standard InChI is InChI=1S/C22H26FN7O3/c1-29(11-18-25-20(28-27-18)16-7-14(23)8-24-16)9-12-2-3-15-13(6-12)10-30(22(15)33)17-4-5-19(31)26-21(17)32/h2-3,6,14,16-17,24H,4-5,7-11H2,1H3,(H,25,27,28)(H,26,31,32)/t14-,16+,17?/m0/s1. The number of hydrogen-bond donors (Lipinski definition) is 3. The van der Waals surface area contributed by atoms with Crippen molar-refractivity contribution in [2.75, 3.05) is 13.6 Å². The maximum absolute atomic E-state index is 13.4. The number of piperidine rings is 1. The van der Waals surface area contributed by atoms with E-state index in [0.29, 0.717) is 56.2 Å². The average molecular weight is 455 g/mol. The van der Waals surface area contributed by atoms with Crippen molar-refractivity contribution in [2.45, 2.75) is 57.2 Å². The first kappa shape index (κ1) is 21.7. The molecule has 2 fully saturated rings. The Balaban J connectivity index is 1.21. The number of alkyl halides is 1. The molecule has 11 heteroatoms. The predicted molar refractivity (Wildman–Crippen MR) is 114 cm³/mol. The lowest BCUT2D eigenvalue weighted by molar-refractivity contribution is -0.136. The third-order valence-electron chi connectivity index (χ3n) is 6.40. The summed E-state index contributed by atoms with van der Waals surface area (Å²) in [6.07, 6.45) is 0.108. The topological polar surface area (TPSA) is 123 Å². The van der Waals surface area contributed by atoms with Crippen LogP contribution in [0.2, 0.25) is 0 Å². The van der Waals surface area contributed by atoms with Gasteiger partial charge in [-0.15, -0.1) is 0 Å². The molecule has 3 aliphatic rings. The molecule has 5 rings (SSSR count). The van der Waals surface area contributed by atoms with E-state index >= 15 is 0 Å². The highest BCUT2D eigenvalue weighted by atomic mass is 19.1. The van der Waals surface area contributed by atoms with Crippen LogP contribution < -0.4 is 10.6 Å². The number of amides is 3. The van der Waals surface area contributed by atoms with E-state index in [0.717, 1.165) is 11.1 Å². The van der Waals surface area contributed by atoms with Crippen LogP contribution in [0.5, 0.6) is 0 Å². The summed E-state index contributed by atoms with van der Waals surface area (Å²) in [6.45, 7) is 1.85. The number of benzene rings is 1. The summed E-state index contributed by atoms with van der Waals surface area (Å²) in [4.78, 5) is 44.6. The van der Waals surface area contributed by atoms with E-state index in [1.807, 2.05) is 19.2 Å². The van der Waals surface area contributed by atoms with Crippen LogP contribution in [0.25, 0.3) is 0 Å². The van der Waals surface area contributed by atoms with Crippen molar-refractivity contribution in [3.8, 4) is 0 Å². The summed E-state index contributed by atoms with van der Waals surface area (Å²) >= 11 is 0. The van der Waals surface area contributed by atoms with Crippen LogP contribution in [0, 0.1) is 0 Å². The maximum Gasteiger partial charge on any atom is 0.255 e. The molecule has 10 nitrogen and oxygen atoms in total. The number of halogens is 1. The Hall–Kier alpha value is -3.18. The van der Waals surface area contributed by atoms with Crippen LogP contribution in [0.3, 0.4) is 0 Å². The number of nitrogens with zero attached hydrogens (tertiary/aromatic N) is 4. The van der Waals surface area contributed by atoms with Crippen LogP contribution in [-0.4, -0.2) is 68.5 Å². The van der Waals surface area contributed by atoms with E-state index < -0.39 is 18.1 Å². The SMILES string of the molecule is CN(Cc1ccc2c(c1)CN(C1CCC(=O)NC1=O)C2=O)Cc1nc([C@H]2C[C@H](F)CN2)n[nH]1. The van der Waals surface area contributed by atoms with Crippen LogP contribution in [0.1, 0.15) is 58.4 Å². The zero-order valence-electron chi connectivity index (χ0n) is 18.3. The van der Waals surface area contributed by atoms with E-state index in [2.05, 4.69) is 30.7 Å². The van der Waals surface area contributed by atoms with Gasteiger partial charge in [0.15, 0.2) is 5.82 Å². The fraction of sp³-hybridized carbons (Fsp3) is 0.500. The molecule has 0 bridgehead atoms. The lowest BCUT2D eigenvalue weighted by Gasteiger charge is -2.29. The molecule has 4 heterocycles. The molecule has 2 saturated heterocycles. The molecule has 1 aromatic heterocycles. The van der Waals surface area contributed by atoms with Gasteiger partial charge in [0.05, 0.1) is 12.6 Å². The highest BCUT2D eigenvalue weighted by Crippen LogP contribution is 2.28. The number of hydrogen-bond acceptors (Lipinski definition) is 7. The summed E-state index contributed by atoms with van der Waals surface area (Å²) in [7, 11) is 1.96. The van der Waals surface area contributed by atoms with Gasteiger partial charge in [-0.1, -0.05) is 12.1 Å². The Kier molecular flexibility index (Phi) is 5.67. The zero-order chi connectivity index (χ0) is 23.1. The predicted octanol–water partition coefficient (Wildman–Crippen LogP) is 0.570. The Morgan fingerprint density at radius 2 is 2.09 bits per heavy atom. The van der Waals surface area contributed by atoms with Crippen LogP contribution in [-0.2, 0) is 29.2 Å². The third kappa shape index (κ3) is 4.38. The molecule has 33 heavy (non-hydrogen) atoms. The smallest absolute Gasteiger partial charge is 0.255 e. The van der Waals surface area contributed by atoms with Gasteiger partial charge < -0.3 is 10.2 Å². The molecule has 3 N–H and O–H groups in total. The van der Waals surface area contributed by atoms with Crippen molar-refractivity contribution in [2.24, 2.45) is 0 Å². The minimum absolute atomic E-state index is 0.156. The molecule has 3 atom stereocenters. The highest BCUT2D eigenvalue weighted by molar-refractivity contribution is 6.05. The van der Waals surface area contributed by atoms with Crippen molar-refractivity contribution < 1.29 is 18.8 Å². The quantitative estimate of drug-likeness (QED) is 0.544. The highest BCUT2D eigenvalue weighted by Gasteiger charge is 2.39. The molecule has 1 aromatic carbocycles. The number of aromatic nitrogens is 3. The van der Waals surface area contributed by atoms with Crippen molar-refractivity contribution in [3.63, 3.8) is 0 Å². The van der Waals surface area contributed by atoms with Crippen molar-refractivity contribution in [3.05, 3.63) is 46.5 Å². The Morgan fingerprint density at radius 3 is 2.85 bits per heavy atom. The summed E-state index contributed by atoms with van der Waals surface area (Å²) in [5.74, 6) is 0.411. The van der Waals surface area contributed by atoms with Gasteiger partial charge in [0.2, 0.25) is 11.8 Å². The maximum atomic E-state index is 13.4. The summed E-state index contributed by atoms with van der Waals surface area (Å²) in [5, 5.41) is 12.6. The van der Waals surface area contributed by atoms with Crippen LogP contribution >= 0.6 is 0 Å². The van der Waals surface area contributed by atoms with E-state index in [9.17, 15) is 18.8 Å². The van der Waals surface area contributed by atoms with E-state index in [1.165, 1.54) is 0 Å². The van der Waals surface area contributed by atoms with E-state index in [4.69, 9.17) is 0 Å². The van der Waals surface area contributed by atoms with Gasteiger partial charge in [-0.25, -0.2) is 9.37 Å². The molecule has 1 unspecified atom stereocenters. The molecular formula is C22H26FN7O3. The first-order valence-corrected chi connectivity index (χ1v) is 11.1. The number of aromatic amines is 1. The number of H-pyrrole nitrogens is 1. The number of rotatable bonds is 6. The normalized spacial score (nSPS) is 25.1. The molecule has 0 aliphatic carbocycles. The lowest BCUT2D eigenvalue weighted by atomic mass is 10.0. The van der Waals surface area contributed by atoms with Crippen molar-refractivity contribution in [1.82, 2.24) is 35.6 Å². The lowest BCUT2D eigenvalue weighted by Crippen LogP contribution is -2.52. The monoisotopic (exact) mass is 455 g/mol. The average Bonchev–Trinajstić information content (AvgIpc) is 3.48. The zero-order valence-corrected chi connectivity index (χ0v) is 18.3. The van der Waals surface area contributed by atoms with Gasteiger partial charge in [0.25, 0.3) is 5.91 Å². The van der Waals surface area contributed by atoms with Gasteiger partial charge in [0.1, 0.15) is 18.0 Å². The van der Waals surface area contributed by atoms with Gasteiger partial charge >= 0.3 is 0 Å². The molecule has 0 spiro atoms. The molecular weight excluding hydrogens is 429 g/mol. The number of carbonyl (C=O) groups excluding carboxylic acids is 3. The van der Waals surface area contributed by atoms with E-state index in [1.54, 1.807) is 11.0 Å². The molecule has 3 amide bonds. The molecule has 2 aromatic rings. The van der Waals surface area contributed by atoms with Gasteiger partial charge in [-0.3, -0.25) is 29.7 Å². The minimum Gasteiger partial charge on any atom is -0.322 e. The second-order valence-electron chi connectivity index (χ2n) is 9.00. The van der Waals surface area contributed by atoms with Crippen molar-refractivity contribution >= 4 is 17.7 Å². The summed E-state index contributed by atoms with van der Waals surface area (Å²) < 4.78 is 13.4. The first-order valence-electron chi connectivity index (χ1n) is 11.1. The summed E-state index contributed by atoms with van der Waals surface area (Å²) in [6, 6.07) is 4.94. The fourth-order valence-electron chi connectivity index (χ4n) is 4.78. The number of fused-ring (bicyclic) bond motifs is 1. The number of imide groups is 1. The Labute approximate surface area is 189 Å². The second kappa shape index (κ2) is 8.64. The minimum atomic E-state index is -0.864.